The van der Waals surface area contributed by atoms with Crippen molar-refractivity contribution < 1.29 is 9.84 Å². The Bertz CT molecular complexity index is 70.8. The number of nitrogens with zero attached hydrogens (tertiary/aromatic N) is 1. The number of hydrogen-bond acceptors (Lipinski definition) is 4. The van der Waals surface area contributed by atoms with Gasteiger partial charge in [0, 0.05) is 27.2 Å². The molecular formula is C6H16N2O2. The van der Waals surface area contributed by atoms with Gasteiger partial charge in [0.25, 0.3) is 0 Å². The number of nitrogens with one attached hydrogen (secondary N) is 1. The van der Waals surface area contributed by atoms with Crippen LogP contribution < -0.4 is 5.43 Å². The predicted octanol–water partition coefficient (Wildman–Crippen LogP) is -0.938. The summed E-state index contributed by atoms with van der Waals surface area (Å²) < 4.78 is 4.82. The maximum Gasteiger partial charge on any atom is 0.0601 e. The van der Waals surface area contributed by atoms with Gasteiger partial charge in [0.1, 0.15) is 0 Å². The fraction of sp³-hybridized carbons (Fsp3) is 1.00. The molecule has 0 saturated heterocycles. The molecule has 0 aromatic carbocycles. The fourth-order valence-electron chi connectivity index (χ4n) is 0.568. The third kappa shape index (κ3) is 5.97. The first kappa shape index (κ1) is 9.84. The minimum absolute atomic E-state index is 0.177. The molecule has 0 aliphatic rings. The van der Waals surface area contributed by atoms with Crippen molar-refractivity contribution in [1.29, 1.82) is 0 Å². The lowest BCUT2D eigenvalue weighted by Gasteiger charge is -2.15. The summed E-state index contributed by atoms with van der Waals surface area (Å²) in [7, 11) is 3.54. The number of aliphatic hydroxyl groups is 1. The zero-order chi connectivity index (χ0) is 7.82. The maximum atomic E-state index is 8.48. The third-order valence-electron chi connectivity index (χ3n) is 1.12. The molecule has 62 valence electrons. The normalized spacial score (nSPS) is 10.8. The highest BCUT2D eigenvalue weighted by atomic mass is 16.5. The van der Waals surface area contributed by atoms with Crippen molar-refractivity contribution in [2.75, 3.05) is 40.5 Å². The van der Waals surface area contributed by atoms with Gasteiger partial charge >= 0.3 is 0 Å². The standard InChI is InChI=1S/C6H16N2O2/c1-8(4-5-9)7-3-6-10-2/h7,9H,3-6H2,1-2H3. The molecule has 0 aromatic heterocycles. The molecule has 0 heterocycles. The molecule has 0 rings (SSSR count). The molecule has 0 amide bonds. The van der Waals surface area contributed by atoms with Crippen LogP contribution in [0.2, 0.25) is 0 Å². The molecule has 2 N–H and O–H groups in total. The number of hydrazine groups is 1. The highest BCUT2D eigenvalue weighted by molar-refractivity contribution is 4.42. The third-order valence-corrected chi connectivity index (χ3v) is 1.12. The predicted molar refractivity (Wildman–Crippen MR) is 39.6 cm³/mol. The van der Waals surface area contributed by atoms with Crippen LogP contribution in [0.4, 0.5) is 0 Å². The second-order valence-corrected chi connectivity index (χ2v) is 2.05. The van der Waals surface area contributed by atoms with Gasteiger partial charge in [-0.2, -0.15) is 0 Å². The smallest absolute Gasteiger partial charge is 0.0601 e. The molecule has 0 saturated carbocycles. The van der Waals surface area contributed by atoms with Crippen LogP contribution in [-0.2, 0) is 4.74 Å². The molecule has 0 bridgehead atoms. The zero-order valence-corrected chi connectivity index (χ0v) is 6.63. The number of likely N-dealkylation sites (N-methyl/N-ethyl adjacent to an activating group) is 1. The van der Waals surface area contributed by atoms with E-state index in [0.717, 1.165) is 6.54 Å². The zero-order valence-electron chi connectivity index (χ0n) is 6.63. The Balaban J connectivity index is 2.97. The first-order chi connectivity index (χ1) is 4.81. The van der Waals surface area contributed by atoms with E-state index < -0.39 is 0 Å². The van der Waals surface area contributed by atoms with Crippen molar-refractivity contribution in [2.24, 2.45) is 0 Å². The summed E-state index contributed by atoms with van der Waals surface area (Å²) in [6.45, 7) is 2.29. The van der Waals surface area contributed by atoms with Gasteiger partial charge in [0.2, 0.25) is 0 Å². The summed E-state index contributed by atoms with van der Waals surface area (Å²) in [5, 5.41) is 10.3. The van der Waals surface area contributed by atoms with Gasteiger partial charge in [-0.05, 0) is 0 Å². The number of ether oxygens (including phenoxy) is 1. The van der Waals surface area contributed by atoms with Crippen molar-refractivity contribution in [2.45, 2.75) is 0 Å². The Morgan fingerprint density at radius 2 is 2.30 bits per heavy atom. The topological polar surface area (TPSA) is 44.7 Å². The van der Waals surface area contributed by atoms with Crippen LogP contribution in [0.3, 0.4) is 0 Å². The molecule has 0 spiro atoms. The first-order valence-electron chi connectivity index (χ1n) is 3.35. The number of aliphatic hydroxyl groups excluding tert-OH is 1. The molecule has 4 nitrogen and oxygen atoms in total. The highest BCUT2D eigenvalue weighted by Crippen LogP contribution is 1.72. The minimum atomic E-state index is 0.177. The average molecular weight is 148 g/mol. The van der Waals surface area contributed by atoms with Crippen LogP contribution in [-0.4, -0.2) is 50.6 Å². The molecule has 0 radical (unpaired) electrons. The van der Waals surface area contributed by atoms with Crippen molar-refractivity contribution in [3.05, 3.63) is 0 Å². The van der Waals surface area contributed by atoms with E-state index in [4.69, 9.17) is 9.84 Å². The molecule has 10 heavy (non-hydrogen) atoms. The van der Waals surface area contributed by atoms with E-state index in [1.54, 1.807) is 7.11 Å². The molecule has 0 aliphatic carbocycles. The average Bonchev–Trinajstić information content (AvgIpc) is 1.89. The van der Waals surface area contributed by atoms with E-state index in [2.05, 4.69) is 5.43 Å². The maximum absolute atomic E-state index is 8.48. The minimum Gasteiger partial charge on any atom is -0.395 e. The van der Waals surface area contributed by atoms with Gasteiger partial charge in [0.15, 0.2) is 0 Å². The second-order valence-electron chi connectivity index (χ2n) is 2.05. The molecule has 0 aliphatic heterocycles. The van der Waals surface area contributed by atoms with Gasteiger partial charge < -0.3 is 9.84 Å². The van der Waals surface area contributed by atoms with Crippen LogP contribution in [0.1, 0.15) is 0 Å². The fourth-order valence-corrected chi connectivity index (χ4v) is 0.568. The largest absolute Gasteiger partial charge is 0.395 e. The van der Waals surface area contributed by atoms with E-state index in [1.165, 1.54) is 0 Å². The Morgan fingerprint density at radius 3 is 2.80 bits per heavy atom. The Labute approximate surface area is 61.8 Å². The van der Waals surface area contributed by atoms with Gasteiger partial charge in [-0.3, -0.25) is 5.43 Å². The molecular weight excluding hydrogens is 132 g/mol. The van der Waals surface area contributed by atoms with Gasteiger partial charge in [-0.1, -0.05) is 0 Å². The lowest BCUT2D eigenvalue weighted by atomic mass is 10.6. The summed E-state index contributed by atoms with van der Waals surface area (Å²) in [5.41, 5.74) is 3.03. The Kier molecular flexibility index (Phi) is 6.84. The molecule has 0 aromatic rings. The SMILES string of the molecule is COCCNN(C)CCO. The Morgan fingerprint density at radius 1 is 1.60 bits per heavy atom. The number of rotatable bonds is 6. The quantitative estimate of drug-likeness (QED) is 0.377. The van der Waals surface area contributed by atoms with Crippen molar-refractivity contribution in [1.82, 2.24) is 10.4 Å². The van der Waals surface area contributed by atoms with E-state index in [-0.39, 0.29) is 6.61 Å². The van der Waals surface area contributed by atoms with Gasteiger partial charge in [-0.15, -0.1) is 0 Å². The lowest BCUT2D eigenvalue weighted by Crippen LogP contribution is -2.38. The Hall–Kier alpha value is -0.160. The van der Waals surface area contributed by atoms with E-state index in [0.29, 0.717) is 13.2 Å². The monoisotopic (exact) mass is 148 g/mol. The van der Waals surface area contributed by atoms with Crippen molar-refractivity contribution in [3.8, 4) is 0 Å². The van der Waals surface area contributed by atoms with Crippen LogP contribution >= 0.6 is 0 Å². The highest BCUT2D eigenvalue weighted by Gasteiger charge is 1.92. The summed E-state index contributed by atoms with van der Waals surface area (Å²) in [5.74, 6) is 0. The van der Waals surface area contributed by atoms with E-state index in [1.807, 2.05) is 12.1 Å². The summed E-state index contributed by atoms with van der Waals surface area (Å²) in [6.07, 6.45) is 0. The van der Waals surface area contributed by atoms with Crippen molar-refractivity contribution in [3.63, 3.8) is 0 Å². The van der Waals surface area contributed by atoms with E-state index >= 15 is 0 Å². The van der Waals surface area contributed by atoms with Gasteiger partial charge in [-0.25, -0.2) is 5.01 Å². The van der Waals surface area contributed by atoms with Crippen LogP contribution in [0, 0.1) is 0 Å². The lowest BCUT2D eigenvalue weighted by molar-refractivity contribution is 0.138. The second kappa shape index (κ2) is 6.95. The van der Waals surface area contributed by atoms with Crippen LogP contribution in [0.15, 0.2) is 0 Å². The van der Waals surface area contributed by atoms with E-state index in [9.17, 15) is 0 Å². The summed E-state index contributed by atoms with van der Waals surface area (Å²) in [6, 6.07) is 0. The molecule has 0 fully saturated rings. The van der Waals surface area contributed by atoms with Gasteiger partial charge in [0.05, 0.1) is 13.2 Å². The summed E-state index contributed by atoms with van der Waals surface area (Å²) >= 11 is 0. The molecule has 4 heteroatoms. The van der Waals surface area contributed by atoms with Crippen LogP contribution in [0.5, 0.6) is 0 Å². The number of methoxy groups -OCH3 is 1. The van der Waals surface area contributed by atoms with Crippen molar-refractivity contribution >= 4 is 0 Å². The molecule has 0 atom stereocenters. The van der Waals surface area contributed by atoms with Crippen LogP contribution in [0.25, 0.3) is 0 Å². The summed E-state index contributed by atoms with van der Waals surface area (Å²) in [4.78, 5) is 0. The number of hydrogen-bond donors (Lipinski definition) is 2. The first-order valence-corrected chi connectivity index (χ1v) is 3.35. The molecule has 0 unspecified atom stereocenters.